The van der Waals surface area contributed by atoms with Gasteiger partial charge in [-0.25, -0.2) is 0 Å². The lowest BCUT2D eigenvalue weighted by molar-refractivity contribution is -0.114. The van der Waals surface area contributed by atoms with E-state index in [0.717, 1.165) is 17.8 Å². The van der Waals surface area contributed by atoms with Crippen LogP contribution in [0.15, 0.2) is 48.8 Å². The summed E-state index contributed by atoms with van der Waals surface area (Å²) < 4.78 is 0. The highest BCUT2D eigenvalue weighted by Crippen LogP contribution is 2.14. The molecule has 2 aromatic rings. The van der Waals surface area contributed by atoms with Gasteiger partial charge in [-0.1, -0.05) is 18.2 Å². The molecule has 0 spiro atoms. The van der Waals surface area contributed by atoms with Gasteiger partial charge in [0.2, 0.25) is 5.91 Å². The number of pyridine rings is 1. The molecule has 0 aliphatic carbocycles. The number of carbonyl (C=O) groups is 1. The van der Waals surface area contributed by atoms with Crippen molar-refractivity contribution < 1.29 is 4.79 Å². The molecule has 4 heteroatoms. The molecule has 0 aliphatic heterocycles. The summed E-state index contributed by atoms with van der Waals surface area (Å²) in [6.07, 6.45) is 3.56. The molecule has 1 aromatic carbocycles. The third-order valence-electron chi connectivity index (χ3n) is 2.72. The molecular formula is C15H17N3O. The number of amides is 1. The summed E-state index contributed by atoms with van der Waals surface area (Å²) in [4.78, 5) is 15.1. The van der Waals surface area contributed by atoms with Crippen molar-refractivity contribution in [3.05, 3.63) is 59.9 Å². The Morgan fingerprint density at radius 2 is 1.84 bits per heavy atom. The average molecular weight is 255 g/mol. The molecule has 0 saturated carbocycles. The van der Waals surface area contributed by atoms with E-state index in [9.17, 15) is 4.79 Å². The van der Waals surface area contributed by atoms with Crippen LogP contribution < -0.4 is 10.6 Å². The summed E-state index contributed by atoms with van der Waals surface area (Å²) in [5, 5.41) is 6.19. The zero-order valence-electron chi connectivity index (χ0n) is 10.9. The van der Waals surface area contributed by atoms with Crippen molar-refractivity contribution in [2.45, 2.75) is 20.0 Å². The van der Waals surface area contributed by atoms with Crippen molar-refractivity contribution in [3.8, 4) is 0 Å². The van der Waals surface area contributed by atoms with E-state index in [1.54, 1.807) is 12.4 Å². The molecular weight excluding hydrogens is 238 g/mol. The summed E-state index contributed by atoms with van der Waals surface area (Å²) in [7, 11) is 0. The van der Waals surface area contributed by atoms with Crippen LogP contribution in [0.25, 0.3) is 0 Å². The Kier molecular flexibility index (Phi) is 4.64. The van der Waals surface area contributed by atoms with Crippen LogP contribution >= 0.6 is 0 Å². The van der Waals surface area contributed by atoms with Gasteiger partial charge in [0.1, 0.15) is 0 Å². The van der Waals surface area contributed by atoms with Gasteiger partial charge in [0.25, 0.3) is 0 Å². The van der Waals surface area contributed by atoms with Crippen LogP contribution in [0, 0.1) is 0 Å². The first kappa shape index (κ1) is 13.2. The molecule has 0 unspecified atom stereocenters. The van der Waals surface area contributed by atoms with E-state index in [1.165, 1.54) is 12.5 Å². The molecule has 0 atom stereocenters. The van der Waals surface area contributed by atoms with E-state index in [1.807, 2.05) is 36.4 Å². The normalized spacial score (nSPS) is 10.2. The van der Waals surface area contributed by atoms with E-state index in [2.05, 4.69) is 15.6 Å². The van der Waals surface area contributed by atoms with E-state index in [4.69, 9.17) is 0 Å². The average Bonchev–Trinajstić information content (AvgIpc) is 2.41. The fraction of sp³-hybridized carbons (Fsp3) is 0.200. The number of aromatic nitrogens is 1. The van der Waals surface area contributed by atoms with Crippen LogP contribution in [0.3, 0.4) is 0 Å². The van der Waals surface area contributed by atoms with E-state index >= 15 is 0 Å². The Bertz CT molecular complexity index is 540. The van der Waals surface area contributed by atoms with Crippen molar-refractivity contribution in [1.29, 1.82) is 0 Å². The SMILES string of the molecule is CC(=O)Nc1ccccc1CNCc1ccncc1. The lowest BCUT2D eigenvalue weighted by Gasteiger charge is -2.10. The fourth-order valence-corrected chi connectivity index (χ4v) is 1.83. The van der Waals surface area contributed by atoms with E-state index in [-0.39, 0.29) is 5.91 Å². The number of benzene rings is 1. The number of anilines is 1. The van der Waals surface area contributed by atoms with Crippen molar-refractivity contribution in [3.63, 3.8) is 0 Å². The Balaban J connectivity index is 1.94. The van der Waals surface area contributed by atoms with Gasteiger partial charge in [-0.05, 0) is 29.3 Å². The highest BCUT2D eigenvalue weighted by molar-refractivity contribution is 5.89. The molecule has 2 N–H and O–H groups in total. The highest BCUT2D eigenvalue weighted by atomic mass is 16.1. The van der Waals surface area contributed by atoms with Crippen LogP contribution in [0.1, 0.15) is 18.1 Å². The first-order chi connectivity index (χ1) is 9.25. The number of hydrogen-bond donors (Lipinski definition) is 2. The summed E-state index contributed by atoms with van der Waals surface area (Å²) in [6.45, 7) is 3.00. The van der Waals surface area contributed by atoms with Crippen LogP contribution in [0.2, 0.25) is 0 Å². The second kappa shape index (κ2) is 6.66. The summed E-state index contributed by atoms with van der Waals surface area (Å²) >= 11 is 0. The summed E-state index contributed by atoms with van der Waals surface area (Å²) in [5.41, 5.74) is 3.12. The number of carbonyl (C=O) groups excluding carboxylic acids is 1. The first-order valence-electron chi connectivity index (χ1n) is 6.21. The minimum Gasteiger partial charge on any atom is -0.326 e. The Morgan fingerprint density at radius 3 is 2.58 bits per heavy atom. The molecule has 0 radical (unpaired) electrons. The third-order valence-corrected chi connectivity index (χ3v) is 2.72. The van der Waals surface area contributed by atoms with Crippen molar-refractivity contribution in [1.82, 2.24) is 10.3 Å². The molecule has 0 aliphatic rings. The lowest BCUT2D eigenvalue weighted by Crippen LogP contribution is -2.15. The van der Waals surface area contributed by atoms with Crippen LogP contribution in [-0.4, -0.2) is 10.9 Å². The predicted octanol–water partition coefficient (Wildman–Crippen LogP) is 2.33. The van der Waals surface area contributed by atoms with Gasteiger partial charge in [0, 0.05) is 38.1 Å². The van der Waals surface area contributed by atoms with Gasteiger partial charge in [0.05, 0.1) is 0 Å². The summed E-state index contributed by atoms with van der Waals surface area (Å²) in [5.74, 6) is -0.0541. The monoisotopic (exact) mass is 255 g/mol. The van der Waals surface area contributed by atoms with Crippen LogP contribution in [0.4, 0.5) is 5.69 Å². The molecule has 1 amide bonds. The van der Waals surface area contributed by atoms with Gasteiger partial charge >= 0.3 is 0 Å². The zero-order valence-corrected chi connectivity index (χ0v) is 10.9. The maximum absolute atomic E-state index is 11.1. The third kappa shape index (κ3) is 4.19. The smallest absolute Gasteiger partial charge is 0.221 e. The minimum absolute atomic E-state index is 0.0541. The molecule has 1 heterocycles. The zero-order chi connectivity index (χ0) is 13.5. The van der Waals surface area contributed by atoms with Gasteiger partial charge in [-0.15, -0.1) is 0 Å². The lowest BCUT2D eigenvalue weighted by atomic mass is 10.1. The van der Waals surface area contributed by atoms with E-state index in [0.29, 0.717) is 6.54 Å². The maximum Gasteiger partial charge on any atom is 0.221 e. The molecule has 0 fully saturated rings. The van der Waals surface area contributed by atoms with Crippen LogP contribution in [0.5, 0.6) is 0 Å². The Morgan fingerprint density at radius 1 is 1.11 bits per heavy atom. The molecule has 4 nitrogen and oxygen atoms in total. The Hall–Kier alpha value is -2.20. The molecule has 0 saturated heterocycles. The maximum atomic E-state index is 11.1. The molecule has 0 bridgehead atoms. The van der Waals surface area contributed by atoms with Crippen molar-refractivity contribution in [2.24, 2.45) is 0 Å². The second-order valence-electron chi connectivity index (χ2n) is 4.30. The number of nitrogens with one attached hydrogen (secondary N) is 2. The number of rotatable bonds is 5. The summed E-state index contributed by atoms with van der Waals surface area (Å²) in [6, 6.07) is 11.8. The van der Waals surface area contributed by atoms with Gasteiger partial charge < -0.3 is 10.6 Å². The van der Waals surface area contributed by atoms with Gasteiger partial charge in [0.15, 0.2) is 0 Å². The minimum atomic E-state index is -0.0541. The van der Waals surface area contributed by atoms with E-state index < -0.39 is 0 Å². The van der Waals surface area contributed by atoms with Gasteiger partial charge in [-0.2, -0.15) is 0 Å². The number of nitrogens with zero attached hydrogens (tertiary/aromatic N) is 1. The van der Waals surface area contributed by atoms with Crippen molar-refractivity contribution in [2.75, 3.05) is 5.32 Å². The fourth-order valence-electron chi connectivity index (χ4n) is 1.83. The largest absolute Gasteiger partial charge is 0.326 e. The first-order valence-corrected chi connectivity index (χ1v) is 6.21. The predicted molar refractivity (Wildman–Crippen MR) is 75.5 cm³/mol. The quantitative estimate of drug-likeness (QED) is 0.862. The number of hydrogen-bond acceptors (Lipinski definition) is 3. The van der Waals surface area contributed by atoms with Crippen LogP contribution in [-0.2, 0) is 17.9 Å². The van der Waals surface area contributed by atoms with Crippen molar-refractivity contribution >= 4 is 11.6 Å². The molecule has 1 aromatic heterocycles. The van der Waals surface area contributed by atoms with Gasteiger partial charge in [-0.3, -0.25) is 9.78 Å². The molecule has 19 heavy (non-hydrogen) atoms. The number of para-hydroxylation sites is 1. The second-order valence-corrected chi connectivity index (χ2v) is 4.30. The molecule has 2 rings (SSSR count). The standard InChI is InChI=1S/C15H17N3O/c1-12(19)18-15-5-3-2-4-14(15)11-17-10-13-6-8-16-9-7-13/h2-9,17H,10-11H2,1H3,(H,18,19). The molecule has 98 valence electrons. The highest BCUT2D eigenvalue weighted by Gasteiger charge is 2.02. The Labute approximate surface area is 112 Å². The topological polar surface area (TPSA) is 54.0 Å².